The van der Waals surface area contributed by atoms with E-state index in [1.807, 2.05) is 18.2 Å². The monoisotopic (exact) mass is 498 g/mol. The summed E-state index contributed by atoms with van der Waals surface area (Å²) in [6.07, 6.45) is 3.03. The maximum atomic E-state index is 13.2. The van der Waals surface area contributed by atoms with Crippen LogP contribution in [0.1, 0.15) is 43.9 Å². The summed E-state index contributed by atoms with van der Waals surface area (Å²) in [5.74, 6) is -1.06. The van der Waals surface area contributed by atoms with Crippen LogP contribution in [-0.2, 0) is 38.0 Å². The molecule has 2 aromatic rings. The number of urea groups is 1. The number of hydrogen-bond donors (Lipinski definition) is 2. The van der Waals surface area contributed by atoms with Gasteiger partial charge in [-0.2, -0.15) is 4.31 Å². The minimum atomic E-state index is -3.65. The Labute approximate surface area is 205 Å². The quantitative estimate of drug-likeness (QED) is 0.570. The van der Waals surface area contributed by atoms with Crippen LogP contribution in [0.5, 0.6) is 0 Å². The van der Waals surface area contributed by atoms with Gasteiger partial charge in [0.05, 0.1) is 4.90 Å². The van der Waals surface area contributed by atoms with Gasteiger partial charge in [0, 0.05) is 18.8 Å². The standard InChI is InChI=1S/C25H30N4O5S/c1-16(2)28(4)35(33,34)21-12-10-20(11-13-21)26-22(30)15-29-23(31)25(3,27-24(29)32)19-9-8-17-6-5-7-18(17)14-19/h8-14,16H,5-7,15H2,1-4H3,(H,26,30)(H,27,32). The molecule has 0 aromatic heterocycles. The zero-order chi connectivity index (χ0) is 25.5. The van der Waals surface area contributed by atoms with Gasteiger partial charge in [0.2, 0.25) is 15.9 Å². The summed E-state index contributed by atoms with van der Waals surface area (Å²) in [4.78, 5) is 39.4. The summed E-state index contributed by atoms with van der Waals surface area (Å²) in [5.41, 5.74) is 2.26. The third-order valence-corrected chi connectivity index (χ3v) is 8.84. The van der Waals surface area contributed by atoms with Crippen molar-refractivity contribution < 1.29 is 22.8 Å². The fourth-order valence-electron chi connectivity index (χ4n) is 4.42. The van der Waals surface area contributed by atoms with E-state index in [1.165, 1.54) is 46.7 Å². The van der Waals surface area contributed by atoms with Gasteiger partial charge in [-0.3, -0.25) is 14.5 Å². The molecule has 186 valence electrons. The molecule has 4 amide bonds. The molecular weight excluding hydrogens is 468 g/mol. The van der Waals surface area contributed by atoms with E-state index in [4.69, 9.17) is 0 Å². The third-order valence-electron chi connectivity index (χ3n) is 6.79. The first-order valence-electron chi connectivity index (χ1n) is 11.6. The van der Waals surface area contributed by atoms with Gasteiger partial charge >= 0.3 is 6.03 Å². The molecule has 10 heteroatoms. The third kappa shape index (κ3) is 4.55. The molecule has 1 unspecified atom stereocenters. The topological polar surface area (TPSA) is 116 Å². The van der Waals surface area contributed by atoms with Crippen molar-refractivity contribution in [1.82, 2.24) is 14.5 Å². The summed E-state index contributed by atoms with van der Waals surface area (Å²) in [5, 5.41) is 5.36. The predicted octanol–water partition coefficient (Wildman–Crippen LogP) is 2.61. The first-order valence-corrected chi connectivity index (χ1v) is 13.0. The van der Waals surface area contributed by atoms with Crippen LogP contribution in [-0.4, -0.2) is 55.1 Å². The van der Waals surface area contributed by atoms with Crippen LogP contribution in [0.4, 0.5) is 10.5 Å². The first-order chi connectivity index (χ1) is 16.4. The van der Waals surface area contributed by atoms with Gasteiger partial charge in [-0.15, -0.1) is 0 Å². The Kier molecular flexibility index (Phi) is 6.46. The molecule has 0 saturated carbocycles. The van der Waals surface area contributed by atoms with E-state index < -0.39 is 40.0 Å². The highest BCUT2D eigenvalue weighted by atomic mass is 32.2. The molecule has 1 saturated heterocycles. The van der Waals surface area contributed by atoms with E-state index in [0.717, 1.165) is 24.2 Å². The maximum Gasteiger partial charge on any atom is 0.325 e. The first kappa shape index (κ1) is 24.9. The number of anilines is 1. The Bertz CT molecular complexity index is 1290. The van der Waals surface area contributed by atoms with Crippen LogP contribution in [0.2, 0.25) is 0 Å². The maximum absolute atomic E-state index is 13.2. The molecule has 1 aliphatic carbocycles. The van der Waals surface area contributed by atoms with Gasteiger partial charge in [-0.1, -0.05) is 18.2 Å². The van der Waals surface area contributed by atoms with E-state index in [2.05, 4.69) is 10.6 Å². The van der Waals surface area contributed by atoms with E-state index >= 15 is 0 Å². The molecule has 0 radical (unpaired) electrons. The molecule has 1 fully saturated rings. The molecule has 0 spiro atoms. The van der Waals surface area contributed by atoms with Crippen molar-refractivity contribution in [2.24, 2.45) is 0 Å². The number of rotatable bonds is 7. The highest BCUT2D eigenvalue weighted by molar-refractivity contribution is 7.89. The lowest BCUT2D eigenvalue weighted by Gasteiger charge is -2.23. The summed E-state index contributed by atoms with van der Waals surface area (Å²) >= 11 is 0. The average molecular weight is 499 g/mol. The fraction of sp³-hybridized carbons (Fsp3) is 0.400. The van der Waals surface area contributed by atoms with E-state index in [-0.39, 0.29) is 10.9 Å². The Morgan fingerprint density at radius 2 is 1.77 bits per heavy atom. The van der Waals surface area contributed by atoms with Crippen molar-refractivity contribution in [3.8, 4) is 0 Å². The van der Waals surface area contributed by atoms with Gasteiger partial charge in [0.25, 0.3) is 5.91 Å². The highest BCUT2D eigenvalue weighted by Crippen LogP contribution is 2.32. The number of sulfonamides is 1. The number of imide groups is 1. The Hall–Kier alpha value is -3.24. The van der Waals surface area contributed by atoms with Crippen molar-refractivity contribution in [3.05, 3.63) is 59.2 Å². The summed E-state index contributed by atoms with van der Waals surface area (Å²) in [6, 6.07) is 10.7. The SMILES string of the molecule is CC(C)N(C)S(=O)(=O)c1ccc(NC(=O)CN2C(=O)NC(C)(c3ccc4c(c3)CCC4)C2=O)cc1. The molecule has 2 aromatic carbocycles. The van der Waals surface area contributed by atoms with Gasteiger partial charge in [0.1, 0.15) is 12.1 Å². The smallest absolute Gasteiger partial charge is 0.325 e. The fourth-order valence-corrected chi connectivity index (χ4v) is 5.78. The number of carbonyl (C=O) groups excluding carboxylic acids is 3. The molecule has 2 aliphatic rings. The van der Waals surface area contributed by atoms with Gasteiger partial charge in [0.15, 0.2) is 0 Å². The van der Waals surface area contributed by atoms with Crippen LogP contribution >= 0.6 is 0 Å². The number of nitrogens with zero attached hydrogens (tertiary/aromatic N) is 2. The lowest BCUT2D eigenvalue weighted by atomic mass is 9.89. The summed E-state index contributed by atoms with van der Waals surface area (Å²) < 4.78 is 26.5. The number of benzene rings is 2. The van der Waals surface area contributed by atoms with Crippen LogP contribution in [0, 0.1) is 0 Å². The Morgan fingerprint density at radius 1 is 1.11 bits per heavy atom. The normalized spacial score (nSPS) is 19.9. The molecular formula is C25H30N4O5S. The lowest BCUT2D eigenvalue weighted by molar-refractivity contribution is -0.133. The number of fused-ring (bicyclic) bond motifs is 1. The second-order valence-electron chi connectivity index (χ2n) is 9.47. The largest absolute Gasteiger partial charge is 0.325 e. The molecule has 1 aliphatic heterocycles. The molecule has 0 bridgehead atoms. The molecule has 4 rings (SSSR count). The summed E-state index contributed by atoms with van der Waals surface area (Å²) in [6.45, 7) is 4.74. The molecule has 1 heterocycles. The number of carbonyl (C=O) groups is 3. The lowest BCUT2D eigenvalue weighted by Crippen LogP contribution is -2.42. The van der Waals surface area contributed by atoms with Crippen LogP contribution < -0.4 is 10.6 Å². The number of nitrogens with one attached hydrogen (secondary N) is 2. The van der Waals surface area contributed by atoms with Crippen molar-refractivity contribution in [2.75, 3.05) is 18.9 Å². The second kappa shape index (κ2) is 9.09. The van der Waals surface area contributed by atoms with Crippen molar-refractivity contribution >= 4 is 33.6 Å². The molecule has 35 heavy (non-hydrogen) atoms. The van der Waals surface area contributed by atoms with Crippen LogP contribution in [0.3, 0.4) is 0 Å². The Balaban J connectivity index is 1.44. The molecule has 1 atom stereocenters. The average Bonchev–Trinajstić information content (AvgIpc) is 3.37. The van der Waals surface area contributed by atoms with Crippen LogP contribution in [0.25, 0.3) is 0 Å². The summed E-state index contributed by atoms with van der Waals surface area (Å²) in [7, 11) is -2.14. The molecule has 9 nitrogen and oxygen atoms in total. The van der Waals surface area contributed by atoms with Gasteiger partial charge in [-0.25, -0.2) is 13.2 Å². The minimum absolute atomic E-state index is 0.103. The van der Waals surface area contributed by atoms with Crippen molar-refractivity contribution in [2.45, 2.75) is 56.5 Å². The number of aryl methyl sites for hydroxylation is 2. The zero-order valence-corrected chi connectivity index (χ0v) is 21.1. The van der Waals surface area contributed by atoms with Crippen molar-refractivity contribution in [1.29, 1.82) is 0 Å². The zero-order valence-electron chi connectivity index (χ0n) is 20.3. The number of amides is 4. The Morgan fingerprint density at radius 3 is 2.43 bits per heavy atom. The predicted molar refractivity (Wildman–Crippen MR) is 131 cm³/mol. The second-order valence-corrected chi connectivity index (χ2v) is 11.5. The van der Waals surface area contributed by atoms with E-state index in [0.29, 0.717) is 11.3 Å². The van der Waals surface area contributed by atoms with Crippen LogP contribution in [0.15, 0.2) is 47.4 Å². The van der Waals surface area contributed by atoms with Gasteiger partial charge in [-0.05, 0) is 81.0 Å². The number of hydrogen-bond acceptors (Lipinski definition) is 5. The highest BCUT2D eigenvalue weighted by Gasteiger charge is 2.49. The van der Waals surface area contributed by atoms with Crippen molar-refractivity contribution in [3.63, 3.8) is 0 Å². The molecule has 2 N–H and O–H groups in total. The van der Waals surface area contributed by atoms with E-state index in [9.17, 15) is 22.8 Å². The minimum Gasteiger partial charge on any atom is -0.325 e. The van der Waals surface area contributed by atoms with Gasteiger partial charge < -0.3 is 10.6 Å². The van der Waals surface area contributed by atoms with E-state index in [1.54, 1.807) is 20.8 Å².